The fourth-order valence-corrected chi connectivity index (χ4v) is 2.07. The number of aromatic nitrogens is 4. The van der Waals surface area contributed by atoms with Gasteiger partial charge in [-0.3, -0.25) is 4.68 Å². The Morgan fingerprint density at radius 2 is 2.10 bits per heavy atom. The summed E-state index contributed by atoms with van der Waals surface area (Å²) in [6, 6.07) is 9.63. The maximum atomic E-state index is 9.46. The van der Waals surface area contributed by atoms with Crippen molar-refractivity contribution in [3.8, 4) is 11.5 Å². The summed E-state index contributed by atoms with van der Waals surface area (Å²) in [4.78, 5) is 4.39. The second-order valence-electron chi connectivity index (χ2n) is 4.94. The van der Waals surface area contributed by atoms with E-state index >= 15 is 0 Å². The van der Waals surface area contributed by atoms with Gasteiger partial charge in [-0.2, -0.15) is 10.1 Å². The lowest BCUT2D eigenvalue weighted by molar-refractivity contribution is 0.193. The molecule has 2 aromatic heterocycles. The Morgan fingerprint density at radius 1 is 1.29 bits per heavy atom. The fourth-order valence-electron chi connectivity index (χ4n) is 2.07. The summed E-state index contributed by atoms with van der Waals surface area (Å²) < 4.78 is 6.98. The van der Waals surface area contributed by atoms with Crippen molar-refractivity contribution in [3.63, 3.8) is 0 Å². The van der Waals surface area contributed by atoms with E-state index in [1.165, 1.54) is 0 Å². The van der Waals surface area contributed by atoms with Crippen molar-refractivity contribution in [3.05, 3.63) is 53.6 Å². The Balaban J connectivity index is 1.80. The SMILES string of the molecule is Cc1ccccc1-c1nc(Cn2ccc(C(C)O)n2)no1. The zero-order chi connectivity index (χ0) is 14.8. The number of aryl methyl sites for hydroxylation is 1. The largest absolute Gasteiger partial charge is 0.387 e. The second-order valence-corrected chi connectivity index (χ2v) is 4.94. The zero-order valence-electron chi connectivity index (χ0n) is 11.9. The third kappa shape index (κ3) is 2.85. The molecule has 0 spiro atoms. The summed E-state index contributed by atoms with van der Waals surface area (Å²) in [5.41, 5.74) is 2.64. The van der Waals surface area contributed by atoms with Crippen LogP contribution in [-0.2, 0) is 6.54 Å². The molecule has 2 heterocycles. The predicted molar refractivity (Wildman–Crippen MR) is 76.4 cm³/mol. The van der Waals surface area contributed by atoms with E-state index in [9.17, 15) is 5.11 Å². The first-order valence-corrected chi connectivity index (χ1v) is 6.73. The van der Waals surface area contributed by atoms with Crippen LogP contribution in [0.2, 0.25) is 0 Å². The summed E-state index contributed by atoms with van der Waals surface area (Å²) in [5, 5.41) is 17.7. The predicted octanol–water partition coefficient (Wildman–Crippen LogP) is 2.34. The minimum Gasteiger partial charge on any atom is -0.387 e. The van der Waals surface area contributed by atoms with Crippen LogP contribution in [0.15, 0.2) is 41.1 Å². The van der Waals surface area contributed by atoms with Crippen LogP contribution in [0.3, 0.4) is 0 Å². The first kappa shape index (κ1) is 13.5. The van der Waals surface area contributed by atoms with Crippen molar-refractivity contribution in [1.29, 1.82) is 0 Å². The summed E-state index contributed by atoms with van der Waals surface area (Å²) in [6.07, 6.45) is 1.20. The lowest BCUT2D eigenvalue weighted by atomic mass is 10.1. The van der Waals surface area contributed by atoms with Crippen molar-refractivity contribution in [2.24, 2.45) is 0 Å². The van der Waals surface area contributed by atoms with E-state index < -0.39 is 6.10 Å². The van der Waals surface area contributed by atoms with Crippen molar-refractivity contribution in [1.82, 2.24) is 19.9 Å². The van der Waals surface area contributed by atoms with Crippen LogP contribution in [0, 0.1) is 6.92 Å². The standard InChI is InChI=1S/C15H16N4O2/c1-10-5-3-4-6-12(10)15-16-14(18-21-15)9-19-8-7-13(17-19)11(2)20/h3-8,11,20H,9H2,1-2H3. The number of rotatable bonds is 4. The molecule has 0 aliphatic heterocycles. The van der Waals surface area contributed by atoms with Crippen LogP contribution in [0.4, 0.5) is 0 Å². The lowest BCUT2D eigenvalue weighted by Gasteiger charge is -1.99. The molecule has 108 valence electrons. The Hall–Kier alpha value is -2.47. The van der Waals surface area contributed by atoms with E-state index in [0.717, 1.165) is 11.1 Å². The Labute approximate surface area is 122 Å². The van der Waals surface area contributed by atoms with Gasteiger partial charge in [0.1, 0.15) is 6.54 Å². The molecule has 0 saturated heterocycles. The highest BCUT2D eigenvalue weighted by Gasteiger charge is 2.12. The van der Waals surface area contributed by atoms with Gasteiger partial charge in [0.15, 0.2) is 5.82 Å². The summed E-state index contributed by atoms with van der Waals surface area (Å²) >= 11 is 0. The van der Waals surface area contributed by atoms with Gasteiger partial charge in [-0.15, -0.1) is 0 Å². The topological polar surface area (TPSA) is 77.0 Å². The first-order valence-electron chi connectivity index (χ1n) is 6.73. The molecule has 0 bridgehead atoms. The highest BCUT2D eigenvalue weighted by molar-refractivity contribution is 5.57. The number of aliphatic hydroxyl groups is 1. The van der Waals surface area contributed by atoms with Gasteiger partial charge in [-0.05, 0) is 31.5 Å². The van der Waals surface area contributed by atoms with Gasteiger partial charge in [-0.1, -0.05) is 23.4 Å². The molecule has 1 N–H and O–H groups in total. The van der Waals surface area contributed by atoms with Crippen LogP contribution in [0.25, 0.3) is 11.5 Å². The monoisotopic (exact) mass is 284 g/mol. The third-order valence-corrected chi connectivity index (χ3v) is 3.24. The molecule has 6 heteroatoms. The molecule has 1 unspecified atom stereocenters. The van der Waals surface area contributed by atoms with E-state index in [2.05, 4.69) is 15.2 Å². The van der Waals surface area contributed by atoms with Crippen molar-refractivity contribution in [2.75, 3.05) is 0 Å². The van der Waals surface area contributed by atoms with Crippen LogP contribution >= 0.6 is 0 Å². The van der Waals surface area contributed by atoms with Gasteiger partial charge in [0.05, 0.1) is 11.8 Å². The highest BCUT2D eigenvalue weighted by Crippen LogP contribution is 2.21. The van der Waals surface area contributed by atoms with Gasteiger partial charge in [0, 0.05) is 11.8 Å². The minimum atomic E-state index is -0.584. The van der Waals surface area contributed by atoms with E-state index in [0.29, 0.717) is 24.0 Å². The van der Waals surface area contributed by atoms with Crippen molar-refractivity contribution in [2.45, 2.75) is 26.5 Å². The van der Waals surface area contributed by atoms with E-state index in [1.807, 2.05) is 31.2 Å². The molecule has 0 aliphatic rings. The number of hydrogen-bond acceptors (Lipinski definition) is 5. The molecule has 21 heavy (non-hydrogen) atoms. The van der Waals surface area contributed by atoms with E-state index in [-0.39, 0.29) is 0 Å². The molecule has 0 saturated carbocycles. The number of hydrogen-bond donors (Lipinski definition) is 1. The second kappa shape index (κ2) is 5.49. The zero-order valence-corrected chi connectivity index (χ0v) is 11.9. The molecule has 0 fully saturated rings. The smallest absolute Gasteiger partial charge is 0.258 e. The summed E-state index contributed by atoms with van der Waals surface area (Å²) in [7, 11) is 0. The molecule has 1 atom stereocenters. The average Bonchev–Trinajstić information content (AvgIpc) is 3.09. The van der Waals surface area contributed by atoms with E-state index in [4.69, 9.17) is 4.52 Å². The number of nitrogens with zero attached hydrogens (tertiary/aromatic N) is 4. The van der Waals surface area contributed by atoms with Crippen LogP contribution in [-0.4, -0.2) is 25.0 Å². The molecule has 6 nitrogen and oxygen atoms in total. The minimum absolute atomic E-state index is 0.405. The molecule has 0 aliphatic carbocycles. The van der Waals surface area contributed by atoms with Gasteiger partial charge in [0.2, 0.25) is 0 Å². The molecule has 0 amide bonds. The van der Waals surface area contributed by atoms with Gasteiger partial charge >= 0.3 is 0 Å². The highest BCUT2D eigenvalue weighted by atomic mass is 16.5. The molecular formula is C15H16N4O2. The Bertz CT molecular complexity index is 745. The molecule has 3 rings (SSSR count). The van der Waals surface area contributed by atoms with Crippen molar-refractivity contribution >= 4 is 0 Å². The molecular weight excluding hydrogens is 268 g/mol. The first-order chi connectivity index (χ1) is 10.1. The quantitative estimate of drug-likeness (QED) is 0.795. The number of benzene rings is 1. The summed E-state index contributed by atoms with van der Waals surface area (Å²) in [6.45, 7) is 4.08. The van der Waals surface area contributed by atoms with Crippen molar-refractivity contribution < 1.29 is 9.63 Å². The van der Waals surface area contributed by atoms with Crippen LogP contribution in [0.5, 0.6) is 0 Å². The normalized spacial score (nSPS) is 12.5. The Morgan fingerprint density at radius 3 is 2.81 bits per heavy atom. The third-order valence-electron chi connectivity index (χ3n) is 3.24. The maximum absolute atomic E-state index is 9.46. The van der Waals surface area contributed by atoms with E-state index in [1.54, 1.807) is 23.9 Å². The van der Waals surface area contributed by atoms with Gasteiger partial charge in [0.25, 0.3) is 5.89 Å². The molecule has 1 aromatic carbocycles. The molecule has 3 aromatic rings. The fraction of sp³-hybridized carbons (Fsp3) is 0.267. The summed E-state index contributed by atoms with van der Waals surface area (Å²) in [5.74, 6) is 1.06. The average molecular weight is 284 g/mol. The molecule has 0 radical (unpaired) electrons. The van der Waals surface area contributed by atoms with Gasteiger partial charge in [-0.25, -0.2) is 0 Å². The number of aliphatic hydroxyl groups excluding tert-OH is 1. The van der Waals surface area contributed by atoms with Crippen LogP contribution < -0.4 is 0 Å². The Kier molecular flexibility index (Phi) is 3.53. The lowest BCUT2D eigenvalue weighted by Crippen LogP contribution is -2.03. The maximum Gasteiger partial charge on any atom is 0.258 e. The van der Waals surface area contributed by atoms with Crippen LogP contribution in [0.1, 0.15) is 30.1 Å². The van der Waals surface area contributed by atoms with Gasteiger partial charge < -0.3 is 9.63 Å².